The van der Waals surface area contributed by atoms with Gasteiger partial charge in [0.15, 0.2) is 0 Å². The Morgan fingerprint density at radius 1 is 1.57 bits per heavy atom. The summed E-state index contributed by atoms with van der Waals surface area (Å²) < 4.78 is 1.73. The topological polar surface area (TPSA) is 46.9 Å². The number of hydrogen-bond donors (Lipinski definition) is 1. The van der Waals surface area contributed by atoms with Crippen LogP contribution >= 0.6 is 11.6 Å². The number of alkyl halides is 1. The molecule has 0 spiro atoms. The van der Waals surface area contributed by atoms with Gasteiger partial charge < -0.3 is 5.32 Å². The summed E-state index contributed by atoms with van der Waals surface area (Å²) in [6, 6.07) is 1.96. The fraction of sp³-hybridized carbons (Fsp3) is 0.556. The monoisotopic (exact) mass is 215 g/mol. The quantitative estimate of drug-likeness (QED) is 0.785. The standard InChI is InChI=1S/C9H14ClN3O/c1-6(2)13-8(4-5-11-13)12-9(14)7(3)10/h4-7H,1-3H3,(H,12,14)/t7-/m0/s1. The van der Waals surface area contributed by atoms with Crippen LogP contribution in [0.15, 0.2) is 12.3 Å². The van der Waals surface area contributed by atoms with Gasteiger partial charge in [0, 0.05) is 12.1 Å². The number of amides is 1. The molecule has 1 heterocycles. The van der Waals surface area contributed by atoms with Crippen LogP contribution in [-0.4, -0.2) is 21.1 Å². The molecular formula is C9H14ClN3O. The van der Waals surface area contributed by atoms with Crippen molar-refractivity contribution < 1.29 is 4.79 Å². The predicted octanol–water partition coefficient (Wildman–Crippen LogP) is 2.03. The van der Waals surface area contributed by atoms with E-state index in [1.807, 2.05) is 13.8 Å². The summed E-state index contributed by atoms with van der Waals surface area (Å²) in [5.74, 6) is 0.464. The van der Waals surface area contributed by atoms with Gasteiger partial charge in [0.1, 0.15) is 11.2 Å². The van der Waals surface area contributed by atoms with E-state index in [1.165, 1.54) is 0 Å². The first kappa shape index (κ1) is 11.0. The van der Waals surface area contributed by atoms with Crippen molar-refractivity contribution in [3.8, 4) is 0 Å². The van der Waals surface area contributed by atoms with Crippen molar-refractivity contribution in [2.24, 2.45) is 0 Å². The van der Waals surface area contributed by atoms with Gasteiger partial charge in [-0.1, -0.05) is 0 Å². The van der Waals surface area contributed by atoms with Gasteiger partial charge in [-0.3, -0.25) is 4.79 Å². The lowest BCUT2D eigenvalue weighted by Crippen LogP contribution is -2.22. The van der Waals surface area contributed by atoms with Gasteiger partial charge in [-0.2, -0.15) is 5.10 Å². The first-order chi connectivity index (χ1) is 6.52. The zero-order valence-electron chi connectivity index (χ0n) is 8.49. The smallest absolute Gasteiger partial charge is 0.243 e. The maximum Gasteiger partial charge on any atom is 0.243 e. The Labute approximate surface area is 88.2 Å². The number of halogens is 1. The molecule has 0 radical (unpaired) electrons. The molecule has 1 aromatic rings. The van der Waals surface area contributed by atoms with Crippen molar-refractivity contribution >= 4 is 23.3 Å². The summed E-state index contributed by atoms with van der Waals surface area (Å²) in [5.41, 5.74) is 0. The van der Waals surface area contributed by atoms with Crippen LogP contribution in [0.4, 0.5) is 5.82 Å². The zero-order valence-corrected chi connectivity index (χ0v) is 9.25. The van der Waals surface area contributed by atoms with E-state index in [9.17, 15) is 4.79 Å². The third kappa shape index (κ3) is 2.48. The molecule has 5 heteroatoms. The van der Waals surface area contributed by atoms with Gasteiger partial charge in [-0.05, 0) is 20.8 Å². The van der Waals surface area contributed by atoms with E-state index in [4.69, 9.17) is 11.6 Å². The SMILES string of the molecule is CC(C)n1nccc1NC(=O)[C@H](C)Cl. The third-order valence-corrected chi connectivity index (χ3v) is 1.97. The van der Waals surface area contributed by atoms with Crippen molar-refractivity contribution in [2.75, 3.05) is 5.32 Å². The fourth-order valence-electron chi connectivity index (χ4n) is 1.05. The molecule has 1 N–H and O–H groups in total. The van der Waals surface area contributed by atoms with Crippen LogP contribution < -0.4 is 5.32 Å². The van der Waals surface area contributed by atoms with Gasteiger partial charge in [0.25, 0.3) is 0 Å². The van der Waals surface area contributed by atoms with Crippen LogP contribution in [0, 0.1) is 0 Å². The summed E-state index contributed by atoms with van der Waals surface area (Å²) >= 11 is 5.64. The minimum absolute atomic E-state index is 0.214. The molecule has 0 unspecified atom stereocenters. The minimum Gasteiger partial charge on any atom is -0.310 e. The molecule has 4 nitrogen and oxygen atoms in total. The van der Waals surface area contributed by atoms with E-state index in [1.54, 1.807) is 23.9 Å². The first-order valence-electron chi connectivity index (χ1n) is 4.51. The maximum absolute atomic E-state index is 11.3. The minimum atomic E-state index is -0.537. The number of carbonyl (C=O) groups excluding carboxylic acids is 1. The highest BCUT2D eigenvalue weighted by Gasteiger charge is 2.12. The number of rotatable bonds is 3. The second-order valence-corrected chi connectivity index (χ2v) is 4.01. The molecule has 0 aliphatic rings. The van der Waals surface area contributed by atoms with Gasteiger partial charge in [0.05, 0.1) is 6.20 Å². The molecule has 1 amide bonds. The molecule has 0 aromatic carbocycles. The van der Waals surface area contributed by atoms with E-state index >= 15 is 0 Å². The summed E-state index contributed by atoms with van der Waals surface area (Å²) in [6.07, 6.45) is 1.65. The molecule has 78 valence electrons. The maximum atomic E-state index is 11.3. The molecule has 0 bridgehead atoms. The second kappa shape index (κ2) is 4.46. The van der Waals surface area contributed by atoms with Gasteiger partial charge >= 0.3 is 0 Å². The summed E-state index contributed by atoms with van der Waals surface area (Å²) in [5, 5.41) is 6.25. The van der Waals surface area contributed by atoms with Crippen LogP contribution in [-0.2, 0) is 4.79 Å². The van der Waals surface area contributed by atoms with Crippen molar-refractivity contribution in [1.29, 1.82) is 0 Å². The van der Waals surface area contributed by atoms with Crippen molar-refractivity contribution in [3.63, 3.8) is 0 Å². The van der Waals surface area contributed by atoms with E-state index < -0.39 is 5.38 Å². The summed E-state index contributed by atoms with van der Waals surface area (Å²) in [6.45, 7) is 5.62. The summed E-state index contributed by atoms with van der Waals surface area (Å²) in [7, 11) is 0. The van der Waals surface area contributed by atoms with Gasteiger partial charge in [-0.15, -0.1) is 11.6 Å². The Balaban J connectivity index is 2.76. The molecule has 1 atom stereocenters. The third-order valence-electron chi connectivity index (χ3n) is 1.77. The van der Waals surface area contributed by atoms with E-state index in [0.717, 1.165) is 0 Å². The number of aromatic nitrogens is 2. The average Bonchev–Trinajstić information content (AvgIpc) is 2.52. The molecule has 1 aromatic heterocycles. The van der Waals surface area contributed by atoms with E-state index in [-0.39, 0.29) is 11.9 Å². The number of carbonyl (C=O) groups is 1. The van der Waals surface area contributed by atoms with Crippen molar-refractivity contribution in [2.45, 2.75) is 32.2 Å². The number of nitrogens with one attached hydrogen (secondary N) is 1. The first-order valence-corrected chi connectivity index (χ1v) is 4.94. The number of anilines is 1. The van der Waals surface area contributed by atoms with Crippen LogP contribution in [0.5, 0.6) is 0 Å². The van der Waals surface area contributed by atoms with E-state index in [2.05, 4.69) is 10.4 Å². The number of nitrogens with zero attached hydrogens (tertiary/aromatic N) is 2. The summed E-state index contributed by atoms with van der Waals surface area (Å²) in [4.78, 5) is 11.3. The lowest BCUT2D eigenvalue weighted by molar-refractivity contribution is -0.115. The molecule has 0 fully saturated rings. The van der Waals surface area contributed by atoms with E-state index in [0.29, 0.717) is 5.82 Å². The Morgan fingerprint density at radius 3 is 2.71 bits per heavy atom. The Bertz CT molecular complexity index is 320. The normalized spacial score (nSPS) is 12.9. The largest absolute Gasteiger partial charge is 0.310 e. The van der Waals surface area contributed by atoms with Crippen LogP contribution in [0.2, 0.25) is 0 Å². The van der Waals surface area contributed by atoms with Crippen LogP contribution in [0.1, 0.15) is 26.8 Å². The van der Waals surface area contributed by atoms with Gasteiger partial charge in [-0.25, -0.2) is 4.68 Å². The molecule has 14 heavy (non-hydrogen) atoms. The molecule has 0 saturated heterocycles. The highest BCUT2D eigenvalue weighted by molar-refractivity contribution is 6.32. The Kier molecular flexibility index (Phi) is 3.52. The van der Waals surface area contributed by atoms with Crippen LogP contribution in [0.3, 0.4) is 0 Å². The molecule has 0 aliphatic carbocycles. The average molecular weight is 216 g/mol. The lowest BCUT2D eigenvalue weighted by atomic mass is 10.4. The molecule has 0 aliphatic heterocycles. The highest BCUT2D eigenvalue weighted by Crippen LogP contribution is 2.13. The Hall–Kier alpha value is -1.03. The number of hydrogen-bond acceptors (Lipinski definition) is 2. The Morgan fingerprint density at radius 2 is 2.21 bits per heavy atom. The lowest BCUT2D eigenvalue weighted by Gasteiger charge is -2.12. The molecule has 1 rings (SSSR count). The van der Waals surface area contributed by atoms with Crippen LogP contribution in [0.25, 0.3) is 0 Å². The van der Waals surface area contributed by atoms with Crippen molar-refractivity contribution in [1.82, 2.24) is 9.78 Å². The fourth-order valence-corrected chi connectivity index (χ4v) is 1.10. The second-order valence-electron chi connectivity index (χ2n) is 3.36. The molecule has 0 saturated carbocycles. The predicted molar refractivity (Wildman–Crippen MR) is 56.6 cm³/mol. The van der Waals surface area contributed by atoms with Crippen molar-refractivity contribution in [3.05, 3.63) is 12.3 Å². The van der Waals surface area contributed by atoms with Gasteiger partial charge in [0.2, 0.25) is 5.91 Å². The zero-order chi connectivity index (χ0) is 10.7. The highest BCUT2D eigenvalue weighted by atomic mass is 35.5. The molecular weight excluding hydrogens is 202 g/mol.